The number of carboxylic acid groups (broad SMARTS) is 1. The Morgan fingerprint density at radius 2 is 1.83 bits per heavy atom. The number of halogens is 1. The predicted molar refractivity (Wildman–Crippen MR) is 116 cm³/mol. The van der Waals surface area contributed by atoms with Gasteiger partial charge in [0.15, 0.2) is 5.13 Å². The molecule has 1 atom stereocenters. The molecule has 0 bridgehead atoms. The fourth-order valence-electron chi connectivity index (χ4n) is 3.09. The maximum atomic E-state index is 13.1. The number of anilines is 1. The second kappa shape index (κ2) is 9.67. The number of rotatable bonds is 8. The standard InChI is InChI=1S/C22H21ClN2O3S/c1-25(22-24-19(14-29-22)17-9-5-6-10-18(17)23)21(28)16(11-12-20(26)27)13-15-7-3-2-4-8-15/h2-10,14,16H,11-13H2,1H3,(H,26,27). The van der Waals surface area contributed by atoms with Gasteiger partial charge >= 0.3 is 5.97 Å². The number of thiazole rings is 1. The van der Waals surface area contributed by atoms with Gasteiger partial charge in [-0.2, -0.15) is 0 Å². The van der Waals surface area contributed by atoms with Crippen molar-refractivity contribution in [1.82, 2.24) is 4.98 Å². The second-order valence-corrected chi connectivity index (χ2v) is 7.96. The van der Waals surface area contributed by atoms with Gasteiger partial charge in [0.05, 0.1) is 5.69 Å². The highest BCUT2D eigenvalue weighted by Crippen LogP contribution is 2.32. The third-order valence-corrected chi connectivity index (χ3v) is 5.89. The molecule has 1 heterocycles. The highest BCUT2D eigenvalue weighted by atomic mass is 35.5. The van der Waals surface area contributed by atoms with Crippen molar-refractivity contribution in [2.24, 2.45) is 5.92 Å². The normalized spacial score (nSPS) is 11.8. The fraction of sp³-hybridized carbons (Fsp3) is 0.227. The summed E-state index contributed by atoms with van der Waals surface area (Å²) in [5.41, 5.74) is 2.52. The van der Waals surface area contributed by atoms with Gasteiger partial charge in [-0.3, -0.25) is 14.5 Å². The molecule has 5 nitrogen and oxygen atoms in total. The third-order valence-electron chi connectivity index (χ3n) is 4.64. The van der Waals surface area contributed by atoms with Gasteiger partial charge in [0.1, 0.15) is 0 Å². The summed E-state index contributed by atoms with van der Waals surface area (Å²) in [7, 11) is 1.68. The summed E-state index contributed by atoms with van der Waals surface area (Å²) in [6, 6.07) is 17.0. The van der Waals surface area contributed by atoms with E-state index in [9.17, 15) is 9.59 Å². The molecular weight excluding hydrogens is 408 g/mol. The van der Waals surface area contributed by atoms with Crippen LogP contribution >= 0.6 is 22.9 Å². The maximum Gasteiger partial charge on any atom is 0.303 e. The lowest BCUT2D eigenvalue weighted by Gasteiger charge is -2.21. The lowest BCUT2D eigenvalue weighted by atomic mass is 9.93. The van der Waals surface area contributed by atoms with Crippen molar-refractivity contribution in [2.45, 2.75) is 19.3 Å². The Morgan fingerprint density at radius 3 is 2.52 bits per heavy atom. The number of benzene rings is 2. The van der Waals surface area contributed by atoms with Crippen molar-refractivity contribution >= 4 is 39.9 Å². The SMILES string of the molecule is CN(C(=O)C(CCC(=O)O)Cc1ccccc1)c1nc(-c2ccccc2Cl)cs1. The van der Waals surface area contributed by atoms with Crippen LogP contribution < -0.4 is 4.90 Å². The highest BCUT2D eigenvalue weighted by molar-refractivity contribution is 7.14. The van der Waals surface area contributed by atoms with Crippen LogP contribution in [0.5, 0.6) is 0 Å². The van der Waals surface area contributed by atoms with E-state index in [1.165, 1.54) is 16.2 Å². The van der Waals surface area contributed by atoms with Gasteiger partial charge in [0, 0.05) is 35.4 Å². The molecule has 7 heteroatoms. The molecule has 1 unspecified atom stereocenters. The molecule has 2 aromatic carbocycles. The maximum absolute atomic E-state index is 13.1. The molecule has 0 saturated heterocycles. The Labute approximate surface area is 178 Å². The van der Waals surface area contributed by atoms with Gasteiger partial charge in [0.25, 0.3) is 0 Å². The molecule has 3 aromatic rings. The first-order valence-corrected chi connectivity index (χ1v) is 10.4. The number of carboxylic acids is 1. The molecule has 0 radical (unpaired) electrons. The molecule has 0 aliphatic heterocycles. The Balaban J connectivity index is 1.79. The molecule has 0 aliphatic carbocycles. The van der Waals surface area contributed by atoms with Gasteiger partial charge in [-0.25, -0.2) is 4.98 Å². The molecule has 29 heavy (non-hydrogen) atoms. The summed E-state index contributed by atoms with van der Waals surface area (Å²) in [5.74, 6) is -1.49. The zero-order chi connectivity index (χ0) is 20.8. The number of hydrogen-bond acceptors (Lipinski definition) is 4. The fourth-order valence-corrected chi connectivity index (χ4v) is 4.12. The quantitative estimate of drug-likeness (QED) is 0.538. The van der Waals surface area contributed by atoms with Crippen LogP contribution in [0.1, 0.15) is 18.4 Å². The van der Waals surface area contributed by atoms with Crippen molar-refractivity contribution in [3.8, 4) is 11.3 Å². The van der Waals surface area contributed by atoms with E-state index in [-0.39, 0.29) is 18.7 Å². The van der Waals surface area contributed by atoms with Crippen molar-refractivity contribution in [1.29, 1.82) is 0 Å². The van der Waals surface area contributed by atoms with Crippen molar-refractivity contribution in [3.63, 3.8) is 0 Å². The third kappa shape index (κ3) is 5.43. The topological polar surface area (TPSA) is 70.5 Å². The monoisotopic (exact) mass is 428 g/mol. The van der Waals surface area contributed by atoms with E-state index in [1.54, 1.807) is 13.1 Å². The Morgan fingerprint density at radius 1 is 1.14 bits per heavy atom. The first kappa shape index (κ1) is 21.0. The average molecular weight is 429 g/mol. The van der Waals surface area contributed by atoms with E-state index < -0.39 is 11.9 Å². The van der Waals surface area contributed by atoms with Crippen LogP contribution in [0.2, 0.25) is 5.02 Å². The lowest BCUT2D eigenvalue weighted by Crippen LogP contribution is -2.34. The molecule has 1 amide bonds. The molecule has 150 valence electrons. The first-order valence-electron chi connectivity index (χ1n) is 9.19. The van der Waals surface area contributed by atoms with Crippen LogP contribution in [0, 0.1) is 5.92 Å². The van der Waals surface area contributed by atoms with Crippen LogP contribution in [0.25, 0.3) is 11.3 Å². The summed E-state index contributed by atoms with van der Waals surface area (Å²) in [4.78, 5) is 30.3. The summed E-state index contributed by atoms with van der Waals surface area (Å²) in [6.07, 6.45) is 0.704. The van der Waals surface area contributed by atoms with Gasteiger partial charge in [0.2, 0.25) is 5.91 Å². The molecule has 0 saturated carbocycles. The van der Waals surface area contributed by atoms with Gasteiger partial charge in [-0.1, -0.05) is 60.1 Å². The average Bonchev–Trinajstić information content (AvgIpc) is 3.21. The van der Waals surface area contributed by atoms with E-state index in [2.05, 4.69) is 4.98 Å². The van der Waals surface area contributed by atoms with Crippen molar-refractivity contribution in [3.05, 3.63) is 70.6 Å². The second-order valence-electron chi connectivity index (χ2n) is 6.71. The van der Waals surface area contributed by atoms with Gasteiger partial charge in [-0.05, 0) is 24.5 Å². The number of aromatic nitrogens is 1. The van der Waals surface area contributed by atoms with E-state index in [0.717, 1.165) is 11.1 Å². The Bertz CT molecular complexity index is 990. The minimum atomic E-state index is -0.909. The number of aliphatic carboxylic acids is 1. The number of nitrogens with zero attached hydrogens (tertiary/aromatic N) is 2. The van der Waals surface area contributed by atoms with Crippen LogP contribution in [0.3, 0.4) is 0 Å². The van der Waals surface area contributed by atoms with Crippen LogP contribution in [0.15, 0.2) is 60.0 Å². The Kier molecular flexibility index (Phi) is 7.01. The molecule has 0 fully saturated rings. The summed E-state index contributed by atoms with van der Waals surface area (Å²) in [5, 5.41) is 12.1. The smallest absolute Gasteiger partial charge is 0.303 e. The minimum Gasteiger partial charge on any atom is -0.481 e. The summed E-state index contributed by atoms with van der Waals surface area (Å²) >= 11 is 7.61. The number of amides is 1. The van der Waals surface area contributed by atoms with Crippen LogP contribution in [0.4, 0.5) is 5.13 Å². The zero-order valence-corrected chi connectivity index (χ0v) is 17.5. The first-order chi connectivity index (χ1) is 14.0. The van der Waals surface area contributed by atoms with E-state index in [0.29, 0.717) is 22.3 Å². The lowest BCUT2D eigenvalue weighted by molar-refractivity contribution is -0.137. The van der Waals surface area contributed by atoms with E-state index in [1.807, 2.05) is 53.9 Å². The molecule has 3 rings (SSSR count). The predicted octanol–water partition coefficient (Wildman–Crippen LogP) is 5.15. The zero-order valence-electron chi connectivity index (χ0n) is 15.9. The van der Waals surface area contributed by atoms with E-state index in [4.69, 9.17) is 16.7 Å². The van der Waals surface area contributed by atoms with Crippen molar-refractivity contribution in [2.75, 3.05) is 11.9 Å². The molecule has 1 N–H and O–H groups in total. The minimum absolute atomic E-state index is 0.0557. The van der Waals surface area contributed by atoms with Gasteiger partial charge < -0.3 is 5.11 Å². The molecule has 1 aromatic heterocycles. The van der Waals surface area contributed by atoms with Crippen LogP contribution in [-0.4, -0.2) is 29.0 Å². The number of carbonyl (C=O) groups excluding carboxylic acids is 1. The summed E-state index contributed by atoms with van der Waals surface area (Å²) < 4.78 is 0. The summed E-state index contributed by atoms with van der Waals surface area (Å²) in [6.45, 7) is 0. The largest absolute Gasteiger partial charge is 0.481 e. The number of hydrogen-bond donors (Lipinski definition) is 1. The molecule has 0 aliphatic rings. The molecule has 0 spiro atoms. The van der Waals surface area contributed by atoms with Gasteiger partial charge in [-0.15, -0.1) is 11.3 Å². The van der Waals surface area contributed by atoms with Crippen LogP contribution in [-0.2, 0) is 16.0 Å². The molecular formula is C22H21ClN2O3S. The van der Waals surface area contributed by atoms with Crippen molar-refractivity contribution < 1.29 is 14.7 Å². The highest BCUT2D eigenvalue weighted by Gasteiger charge is 2.26. The Hall–Kier alpha value is -2.70. The number of carbonyl (C=O) groups is 2. The van der Waals surface area contributed by atoms with E-state index >= 15 is 0 Å².